The van der Waals surface area contributed by atoms with Crippen molar-refractivity contribution in [2.45, 2.75) is 45.8 Å². The summed E-state index contributed by atoms with van der Waals surface area (Å²) in [6.07, 6.45) is 3.86. The number of nitrogens with one attached hydrogen (secondary N) is 1. The lowest BCUT2D eigenvalue weighted by molar-refractivity contribution is 0.0366. The van der Waals surface area contributed by atoms with Gasteiger partial charge < -0.3 is 24.1 Å². The van der Waals surface area contributed by atoms with Crippen LogP contribution >= 0.6 is 0 Å². The maximum atomic E-state index is 13.2. The number of hydrogen-bond acceptors (Lipinski definition) is 7. The lowest BCUT2D eigenvalue weighted by Crippen LogP contribution is -2.37. The number of Topliss-reactive ketones (excluding diaryl/α,β-unsaturated/α-hetero) is 1. The van der Waals surface area contributed by atoms with Gasteiger partial charge in [-0.05, 0) is 88.7 Å². The zero-order valence-corrected chi connectivity index (χ0v) is 23.7. The number of carbonyl (C=O) groups excluding carboxylic acids is 2. The van der Waals surface area contributed by atoms with Gasteiger partial charge in [0.1, 0.15) is 11.6 Å². The van der Waals surface area contributed by atoms with Crippen molar-refractivity contribution in [1.82, 2.24) is 14.9 Å². The molecule has 1 fully saturated rings. The lowest BCUT2D eigenvalue weighted by Gasteiger charge is -2.31. The number of aromatic amines is 1. The van der Waals surface area contributed by atoms with E-state index in [1.165, 1.54) is 12.1 Å². The molecule has 0 aliphatic carbocycles. The van der Waals surface area contributed by atoms with E-state index in [0.29, 0.717) is 17.7 Å². The second kappa shape index (κ2) is 12.8. The molecule has 8 nitrogen and oxygen atoms in total. The van der Waals surface area contributed by atoms with Crippen LogP contribution in [0.15, 0.2) is 48.7 Å². The van der Waals surface area contributed by atoms with Gasteiger partial charge >= 0.3 is 5.97 Å². The van der Waals surface area contributed by atoms with Gasteiger partial charge in [-0.25, -0.2) is 14.2 Å². The summed E-state index contributed by atoms with van der Waals surface area (Å²) >= 11 is 0. The highest BCUT2D eigenvalue weighted by molar-refractivity contribution is 6.11. The Balaban J connectivity index is 1.19. The minimum Gasteiger partial charge on any atom is -0.494 e. The van der Waals surface area contributed by atoms with E-state index in [0.717, 1.165) is 66.5 Å². The molecule has 9 heteroatoms. The van der Waals surface area contributed by atoms with Crippen LogP contribution in [0.5, 0.6) is 5.75 Å². The van der Waals surface area contributed by atoms with Crippen molar-refractivity contribution >= 4 is 33.6 Å². The van der Waals surface area contributed by atoms with Crippen LogP contribution in [0.2, 0.25) is 0 Å². The van der Waals surface area contributed by atoms with Gasteiger partial charge in [-0.1, -0.05) is 0 Å². The normalized spacial score (nSPS) is 14.7. The largest absolute Gasteiger partial charge is 0.494 e. The van der Waals surface area contributed by atoms with E-state index in [-0.39, 0.29) is 35.9 Å². The average molecular weight is 562 g/mol. The van der Waals surface area contributed by atoms with E-state index in [1.807, 2.05) is 18.2 Å². The molecule has 3 heterocycles. The monoisotopic (exact) mass is 561 g/mol. The molecule has 0 amide bonds. The second-order valence-electron chi connectivity index (χ2n) is 10.8. The first-order valence-electron chi connectivity index (χ1n) is 14.1. The minimum atomic E-state index is -0.473. The molecule has 0 atom stereocenters. The second-order valence-corrected chi connectivity index (χ2v) is 10.8. The van der Waals surface area contributed by atoms with Crippen LogP contribution in [0.25, 0.3) is 21.8 Å². The Labute approximate surface area is 238 Å². The third-order valence-electron chi connectivity index (χ3n) is 7.51. The number of ketones is 1. The number of piperidine rings is 1. The summed E-state index contributed by atoms with van der Waals surface area (Å²) in [5.41, 5.74) is 3.25. The highest BCUT2D eigenvalue weighted by Crippen LogP contribution is 2.33. The Morgan fingerprint density at radius 2 is 1.85 bits per heavy atom. The van der Waals surface area contributed by atoms with Crippen LogP contribution < -0.4 is 4.74 Å². The van der Waals surface area contributed by atoms with Crippen LogP contribution in [-0.2, 0) is 16.1 Å². The zero-order valence-electron chi connectivity index (χ0n) is 23.7. The molecular formula is C32H36FN3O5. The summed E-state index contributed by atoms with van der Waals surface area (Å²) in [4.78, 5) is 35.6. The van der Waals surface area contributed by atoms with E-state index in [2.05, 4.69) is 14.9 Å². The van der Waals surface area contributed by atoms with Crippen molar-refractivity contribution in [2.75, 3.05) is 33.4 Å². The molecule has 5 rings (SSSR count). The Kier molecular flexibility index (Phi) is 8.95. The van der Waals surface area contributed by atoms with Crippen LogP contribution in [0.4, 0.5) is 4.39 Å². The molecular weight excluding hydrogens is 525 g/mol. The molecule has 0 unspecified atom stereocenters. The van der Waals surface area contributed by atoms with Crippen molar-refractivity contribution < 1.29 is 28.2 Å². The predicted molar refractivity (Wildman–Crippen MR) is 155 cm³/mol. The summed E-state index contributed by atoms with van der Waals surface area (Å²) < 4.78 is 30.2. The molecule has 41 heavy (non-hydrogen) atoms. The fourth-order valence-corrected chi connectivity index (χ4v) is 5.51. The fraction of sp³-hybridized carbons (Fsp3) is 0.406. The average Bonchev–Trinajstić information content (AvgIpc) is 3.34. The van der Waals surface area contributed by atoms with E-state index < -0.39 is 5.97 Å². The number of esters is 1. The van der Waals surface area contributed by atoms with Gasteiger partial charge in [0, 0.05) is 47.0 Å². The van der Waals surface area contributed by atoms with E-state index in [1.54, 1.807) is 39.3 Å². The fourth-order valence-electron chi connectivity index (χ4n) is 5.51. The first-order valence-corrected chi connectivity index (χ1v) is 14.1. The number of fused-ring (bicyclic) bond motifs is 3. The number of ether oxygens (including phenoxy) is 3. The summed E-state index contributed by atoms with van der Waals surface area (Å²) in [6.45, 7) is 6.99. The molecule has 2 aromatic carbocycles. The van der Waals surface area contributed by atoms with Gasteiger partial charge in [0.25, 0.3) is 0 Å². The standard InChI is InChI=1S/C32H36FN3O5/c1-20(2)41-32(38)30-26(19-39-3)29-25-17-24(9-10-27(25)35-28(29)18-34-30)40-16-4-13-36-14-11-22(12-15-36)31(37)21-5-7-23(33)8-6-21/h5-10,17-18,20,22,35H,4,11-16,19H2,1-3H3. The molecule has 1 N–H and O–H groups in total. The van der Waals surface area contributed by atoms with Gasteiger partial charge in [0.15, 0.2) is 11.5 Å². The van der Waals surface area contributed by atoms with Gasteiger partial charge in [-0.15, -0.1) is 0 Å². The van der Waals surface area contributed by atoms with Crippen molar-refractivity contribution in [3.8, 4) is 5.75 Å². The summed E-state index contributed by atoms with van der Waals surface area (Å²) in [6, 6.07) is 11.7. The van der Waals surface area contributed by atoms with Crippen molar-refractivity contribution in [2.24, 2.45) is 5.92 Å². The molecule has 0 spiro atoms. The number of pyridine rings is 1. The van der Waals surface area contributed by atoms with Crippen LogP contribution in [0.3, 0.4) is 0 Å². The number of hydrogen-bond donors (Lipinski definition) is 1. The molecule has 1 saturated heterocycles. The van der Waals surface area contributed by atoms with Crippen LogP contribution in [0.1, 0.15) is 59.5 Å². The highest BCUT2D eigenvalue weighted by Gasteiger charge is 2.26. The number of carbonyl (C=O) groups is 2. The quantitative estimate of drug-likeness (QED) is 0.138. The number of likely N-dealkylation sites (tertiary alicyclic amines) is 1. The Bertz CT molecular complexity index is 1520. The lowest BCUT2D eigenvalue weighted by atomic mass is 9.89. The molecule has 0 radical (unpaired) electrons. The van der Waals surface area contributed by atoms with Gasteiger partial charge in [-0.2, -0.15) is 0 Å². The molecule has 1 aliphatic heterocycles. The maximum absolute atomic E-state index is 13.2. The number of halogens is 1. The Morgan fingerprint density at radius 3 is 2.56 bits per heavy atom. The van der Waals surface area contributed by atoms with Gasteiger partial charge in [-0.3, -0.25) is 4.79 Å². The number of methoxy groups -OCH3 is 1. The molecule has 1 aliphatic rings. The summed E-state index contributed by atoms with van der Waals surface area (Å²) in [7, 11) is 1.59. The summed E-state index contributed by atoms with van der Waals surface area (Å²) in [5, 5.41) is 1.80. The molecule has 0 saturated carbocycles. The Hall–Kier alpha value is -3.82. The molecule has 216 valence electrons. The van der Waals surface area contributed by atoms with Gasteiger partial charge in [0.05, 0.1) is 31.0 Å². The van der Waals surface area contributed by atoms with Crippen LogP contribution in [0, 0.1) is 11.7 Å². The van der Waals surface area contributed by atoms with E-state index >= 15 is 0 Å². The van der Waals surface area contributed by atoms with Gasteiger partial charge in [0.2, 0.25) is 0 Å². The molecule has 0 bridgehead atoms. The third kappa shape index (κ3) is 6.57. The zero-order chi connectivity index (χ0) is 28.9. The first-order chi connectivity index (χ1) is 19.8. The number of nitrogens with zero attached hydrogens (tertiary/aromatic N) is 2. The van der Waals surface area contributed by atoms with Crippen molar-refractivity contribution in [3.05, 3.63) is 71.3 Å². The molecule has 4 aromatic rings. The van der Waals surface area contributed by atoms with Crippen molar-refractivity contribution in [1.29, 1.82) is 0 Å². The first kappa shape index (κ1) is 28.7. The summed E-state index contributed by atoms with van der Waals surface area (Å²) in [5.74, 6) is 0.0369. The third-order valence-corrected chi connectivity index (χ3v) is 7.51. The Morgan fingerprint density at radius 1 is 1.10 bits per heavy atom. The van der Waals surface area contributed by atoms with E-state index in [9.17, 15) is 14.0 Å². The van der Waals surface area contributed by atoms with Crippen molar-refractivity contribution in [3.63, 3.8) is 0 Å². The number of benzene rings is 2. The number of H-pyrrole nitrogens is 1. The highest BCUT2D eigenvalue weighted by atomic mass is 19.1. The number of rotatable bonds is 11. The molecule has 2 aromatic heterocycles. The number of aromatic nitrogens is 2. The topological polar surface area (TPSA) is 93.8 Å². The van der Waals surface area contributed by atoms with E-state index in [4.69, 9.17) is 14.2 Å². The predicted octanol–water partition coefficient (Wildman–Crippen LogP) is 5.93. The smallest absolute Gasteiger partial charge is 0.357 e. The SMILES string of the molecule is COCc1c(C(=O)OC(C)C)ncc2[nH]c3ccc(OCCCN4CCC(C(=O)c5ccc(F)cc5)CC4)cc3c12. The maximum Gasteiger partial charge on any atom is 0.357 e. The van der Waals surface area contributed by atoms with Crippen LogP contribution in [-0.4, -0.2) is 66.1 Å². The minimum absolute atomic E-state index is 0.0122.